The third kappa shape index (κ3) is 2.04. The van der Waals surface area contributed by atoms with Crippen LogP contribution in [-0.2, 0) is 0 Å². The second kappa shape index (κ2) is 4.57. The number of nitrogens with one attached hydrogen (secondary N) is 1. The minimum atomic E-state index is -0.488. The molecule has 2 nitrogen and oxygen atoms in total. The van der Waals surface area contributed by atoms with E-state index < -0.39 is 11.6 Å². The summed E-state index contributed by atoms with van der Waals surface area (Å²) < 4.78 is 29.3. The van der Waals surface area contributed by atoms with Crippen LogP contribution in [0, 0.1) is 11.6 Å². The Kier molecular flexibility index (Phi) is 3.14. The molecule has 5 heteroatoms. The van der Waals surface area contributed by atoms with Gasteiger partial charge in [0.2, 0.25) is 0 Å². The predicted octanol–water partition coefficient (Wildman–Crippen LogP) is 3.75. The van der Waals surface area contributed by atoms with E-state index >= 15 is 0 Å². The Morgan fingerprint density at radius 3 is 2.69 bits per heavy atom. The van der Waals surface area contributed by atoms with Crippen LogP contribution in [0.15, 0.2) is 36.7 Å². The Bertz CT molecular complexity index is 517. The molecule has 2 rings (SSSR count). The van der Waals surface area contributed by atoms with Gasteiger partial charge in [-0.1, -0.05) is 0 Å². The molecule has 1 N–H and O–H groups in total. The summed E-state index contributed by atoms with van der Waals surface area (Å²) in [5.74, 6) is -0.973. The summed E-state index contributed by atoms with van der Waals surface area (Å²) in [5, 5.41) is 0. The summed E-state index contributed by atoms with van der Waals surface area (Å²) in [4.78, 5) is 3.89. The summed E-state index contributed by atoms with van der Waals surface area (Å²) in [5.41, 5.74) is 1.30. The first-order chi connectivity index (χ1) is 7.72. The molecule has 0 amide bonds. The van der Waals surface area contributed by atoms with Crippen molar-refractivity contribution in [3.8, 4) is 11.1 Å². The van der Waals surface area contributed by atoms with Crippen LogP contribution in [0.25, 0.3) is 11.1 Å². The van der Waals surface area contributed by atoms with E-state index in [1.165, 1.54) is 6.20 Å². The summed E-state index contributed by atoms with van der Waals surface area (Å²) in [6, 6.07) is 4.97. The van der Waals surface area contributed by atoms with Gasteiger partial charge in [0.05, 0.1) is 5.69 Å². The van der Waals surface area contributed by atoms with Crippen LogP contribution in [0.3, 0.4) is 0 Å². The van der Waals surface area contributed by atoms with Crippen LogP contribution in [0.1, 0.15) is 0 Å². The van der Waals surface area contributed by atoms with Crippen LogP contribution >= 0.6 is 16.1 Å². The molecule has 82 valence electrons. The maximum Gasteiger partial charge on any atom is 0.131 e. The highest BCUT2D eigenvalue weighted by Crippen LogP contribution is 2.30. The third-order valence-electron chi connectivity index (χ3n) is 2.14. The van der Waals surface area contributed by atoms with Gasteiger partial charge in [0.1, 0.15) is 11.6 Å². The maximum absolute atomic E-state index is 13.5. The third-order valence-corrected chi connectivity index (χ3v) is 2.57. The van der Waals surface area contributed by atoms with Crippen molar-refractivity contribution in [3.63, 3.8) is 0 Å². The first-order valence-electron chi connectivity index (χ1n) is 4.48. The van der Waals surface area contributed by atoms with Gasteiger partial charge in [0.25, 0.3) is 0 Å². The first kappa shape index (κ1) is 11.0. The Morgan fingerprint density at radius 1 is 1.12 bits per heavy atom. The Labute approximate surface area is 99.7 Å². The summed E-state index contributed by atoms with van der Waals surface area (Å²) >= 11 is 3.05. The minimum absolute atomic E-state index is 0.176. The fourth-order valence-corrected chi connectivity index (χ4v) is 1.74. The number of hydrogen-bond donors (Lipinski definition) is 1. The zero-order valence-electron chi connectivity index (χ0n) is 8.05. The predicted molar refractivity (Wildman–Crippen MR) is 62.1 cm³/mol. The smallest absolute Gasteiger partial charge is 0.131 e. The highest BCUT2D eigenvalue weighted by Gasteiger charge is 2.10. The molecule has 0 saturated heterocycles. The fourth-order valence-electron chi connectivity index (χ4n) is 1.40. The quantitative estimate of drug-likeness (QED) is 0.850. The van der Waals surface area contributed by atoms with Crippen molar-refractivity contribution in [2.45, 2.75) is 0 Å². The molecule has 0 aliphatic rings. The molecule has 16 heavy (non-hydrogen) atoms. The van der Waals surface area contributed by atoms with Crippen molar-refractivity contribution >= 4 is 21.8 Å². The normalized spacial score (nSPS) is 10.2. The SMILES string of the molecule is Fc1ccc(F)c(-c2cnccc2NBr)c1. The summed E-state index contributed by atoms with van der Waals surface area (Å²) in [6.07, 6.45) is 3.03. The molecule has 0 fully saturated rings. The number of nitrogens with zero attached hydrogens (tertiary/aromatic N) is 1. The van der Waals surface area contributed by atoms with Crippen molar-refractivity contribution in [2.24, 2.45) is 0 Å². The van der Waals surface area contributed by atoms with E-state index in [1.54, 1.807) is 12.3 Å². The zero-order valence-corrected chi connectivity index (χ0v) is 9.63. The highest BCUT2D eigenvalue weighted by atomic mass is 79.9. The number of hydrogen-bond acceptors (Lipinski definition) is 2. The molecule has 0 saturated carbocycles. The number of anilines is 1. The lowest BCUT2D eigenvalue weighted by molar-refractivity contribution is 0.603. The van der Waals surface area contributed by atoms with Crippen LogP contribution in [0.5, 0.6) is 0 Å². The van der Waals surface area contributed by atoms with E-state index in [0.717, 1.165) is 18.2 Å². The van der Waals surface area contributed by atoms with Gasteiger partial charge in [-0.15, -0.1) is 0 Å². The lowest BCUT2D eigenvalue weighted by Crippen LogP contribution is -1.91. The monoisotopic (exact) mass is 284 g/mol. The topological polar surface area (TPSA) is 24.9 Å². The molecule has 0 aliphatic heterocycles. The van der Waals surface area contributed by atoms with Gasteiger partial charge < -0.3 is 4.34 Å². The van der Waals surface area contributed by atoms with E-state index in [2.05, 4.69) is 25.5 Å². The standard InChI is InChI=1S/C11H7BrF2N2/c12-16-11-3-4-15-6-9(11)8-5-7(13)1-2-10(8)14/h1-6H,(H,15,16). The molecule has 1 heterocycles. The van der Waals surface area contributed by atoms with E-state index in [4.69, 9.17) is 0 Å². The van der Waals surface area contributed by atoms with Gasteiger partial charge in [0, 0.05) is 39.7 Å². The van der Waals surface area contributed by atoms with Crippen molar-refractivity contribution in [3.05, 3.63) is 48.3 Å². The number of rotatable bonds is 2. The molecule has 0 aliphatic carbocycles. The summed E-state index contributed by atoms with van der Waals surface area (Å²) in [6.45, 7) is 0. The van der Waals surface area contributed by atoms with Crippen LogP contribution in [0.4, 0.5) is 14.5 Å². The lowest BCUT2D eigenvalue weighted by Gasteiger charge is -2.08. The van der Waals surface area contributed by atoms with Gasteiger partial charge in [0.15, 0.2) is 0 Å². The van der Waals surface area contributed by atoms with Crippen molar-refractivity contribution in [1.82, 2.24) is 4.98 Å². The van der Waals surface area contributed by atoms with E-state index in [0.29, 0.717) is 11.3 Å². The van der Waals surface area contributed by atoms with Gasteiger partial charge in [-0.05, 0) is 24.3 Å². The largest absolute Gasteiger partial charge is 0.322 e. The van der Waals surface area contributed by atoms with Crippen LogP contribution < -0.4 is 4.34 Å². The summed E-state index contributed by atoms with van der Waals surface area (Å²) in [7, 11) is 0. The Hall–Kier alpha value is -1.49. The molecule has 0 spiro atoms. The van der Waals surface area contributed by atoms with E-state index in [1.807, 2.05) is 0 Å². The fraction of sp³-hybridized carbons (Fsp3) is 0. The Morgan fingerprint density at radius 2 is 1.94 bits per heavy atom. The average Bonchev–Trinajstić information content (AvgIpc) is 2.32. The van der Waals surface area contributed by atoms with E-state index in [9.17, 15) is 8.78 Å². The van der Waals surface area contributed by atoms with Crippen molar-refractivity contribution in [2.75, 3.05) is 4.34 Å². The zero-order chi connectivity index (χ0) is 11.5. The minimum Gasteiger partial charge on any atom is -0.322 e. The molecule has 0 bridgehead atoms. The van der Waals surface area contributed by atoms with E-state index in [-0.39, 0.29) is 5.56 Å². The number of halogens is 3. The number of pyridine rings is 1. The average molecular weight is 285 g/mol. The van der Waals surface area contributed by atoms with Crippen molar-refractivity contribution in [1.29, 1.82) is 0 Å². The van der Waals surface area contributed by atoms with Crippen molar-refractivity contribution < 1.29 is 8.78 Å². The molecule has 1 aromatic carbocycles. The second-order valence-electron chi connectivity index (χ2n) is 3.14. The lowest BCUT2D eigenvalue weighted by atomic mass is 10.1. The molecular formula is C11H7BrF2N2. The van der Waals surface area contributed by atoms with Gasteiger partial charge in [-0.25, -0.2) is 8.78 Å². The highest BCUT2D eigenvalue weighted by molar-refractivity contribution is 9.10. The molecule has 0 unspecified atom stereocenters. The molecule has 2 aromatic rings. The molecule has 0 radical (unpaired) electrons. The number of aromatic nitrogens is 1. The van der Waals surface area contributed by atoms with Gasteiger partial charge in [-0.3, -0.25) is 4.98 Å². The van der Waals surface area contributed by atoms with Gasteiger partial charge >= 0.3 is 0 Å². The molecule has 1 aromatic heterocycles. The van der Waals surface area contributed by atoms with Crippen LogP contribution in [-0.4, -0.2) is 4.98 Å². The van der Waals surface area contributed by atoms with Gasteiger partial charge in [-0.2, -0.15) is 0 Å². The molecular weight excluding hydrogens is 278 g/mol. The number of benzene rings is 1. The molecule has 0 atom stereocenters. The first-order valence-corrected chi connectivity index (χ1v) is 5.28. The maximum atomic E-state index is 13.5. The second-order valence-corrected chi connectivity index (χ2v) is 3.54. The van der Waals surface area contributed by atoms with Crippen LogP contribution in [0.2, 0.25) is 0 Å². The Balaban J connectivity index is 2.62.